The van der Waals surface area contributed by atoms with Gasteiger partial charge in [0.1, 0.15) is 18.4 Å². The molecule has 0 fully saturated rings. The zero-order valence-corrected chi connectivity index (χ0v) is 18.0. The highest BCUT2D eigenvalue weighted by atomic mass is 16.6. The van der Waals surface area contributed by atoms with Crippen molar-refractivity contribution < 1.29 is 14.3 Å². The molecule has 0 radical (unpaired) electrons. The maximum absolute atomic E-state index is 12.5. The average molecular weight is 425 g/mol. The third kappa shape index (κ3) is 2.80. The molecule has 5 aromatic rings. The molecule has 160 valence electrons. The Balaban J connectivity index is 1.62. The van der Waals surface area contributed by atoms with E-state index in [2.05, 4.69) is 47.0 Å². The summed E-state index contributed by atoms with van der Waals surface area (Å²) in [5, 5.41) is 5.51. The molecular weight excluding hydrogens is 402 g/mol. The van der Waals surface area contributed by atoms with Gasteiger partial charge in [-0.3, -0.25) is 0 Å². The van der Waals surface area contributed by atoms with E-state index in [4.69, 9.17) is 20.2 Å². The van der Waals surface area contributed by atoms with Crippen LogP contribution in [0.4, 0.5) is 0 Å². The standard InChI is InChI=1S/C26H23N3O3/c1-14(2)24(27)26(30)32-22-13-31-12-16-10-29-11-19-17-7-3-5-15-6-4-8-20(23(15)17)28-25(19)21(29)9-18(16)22/h3-11,14,24H,12-13,27H2,1-2H3/t24-/m0/s1. The fourth-order valence-corrected chi connectivity index (χ4v) is 4.57. The zero-order valence-electron chi connectivity index (χ0n) is 18.0. The number of ether oxygens (including phenoxy) is 2. The van der Waals surface area contributed by atoms with Crippen LogP contribution in [0.5, 0.6) is 0 Å². The van der Waals surface area contributed by atoms with Crippen LogP contribution in [0.15, 0.2) is 54.9 Å². The number of carbonyl (C=O) groups excluding carboxylic acids is 1. The molecular formula is C26H23N3O3. The lowest BCUT2D eigenvalue weighted by molar-refractivity contribution is -0.140. The van der Waals surface area contributed by atoms with Gasteiger partial charge in [0, 0.05) is 33.9 Å². The Morgan fingerprint density at radius 3 is 2.75 bits per heavy atom. The van der Waals surface area contributed by atoms with E-state index < -0.39 is 12.0 Å². The van der Waals surface area contributed by atoms with Gasteiger partial charge in [0.15, 0.2) is 0 Å². The molecule has 0 aliphatic carbocycles. The highest BCUT2D eigenvalue weighted by molar-refractivity contribution is 6.21. The van der Waals surface area contributed by atoms with Crippen molar-refractivity contribution in [1.82, 2.24) is 9.38 Å². The predicted molar refractivity (Wildman–Crippen MR) is 125 cm³/mol. The summed E-state index contributed by atoms with van der Waals surface area (Å²) in [6.45, 7) is 4.50. The molecule has 0 saturated carbocycles. The fraction of sp³-hybridized carbons (Fsp3) is 0.231. The Morgan fingerprint density at radius 2 is 1.94 bits per heavy atom. The highest BCUT2D eigenvalue weighted by Crippen LogP contribution is 2.33. The van der Waals surface area contributed by atoms with Crippen molar-refractivity contribution in [1.29, 1.82) is 0 Å². The molecule has 3 aromatic heterocycles. The Labute approximate surface area is 184 Å². The van der Waals surface area contributed by atoms with Crippen LogP contribution in [-0.2, 0) is 20.9 Å². The first-order chi connectivity index (χ1) is 15.5. The third-order valence-corrected chi connectivity index (χ3v) is 6.38. The monoisotopic (exact) mass is 425 g/mol. The minimum absolute atomic E-state index is 0.00575. The van der Waals surface area contributed by atoms with Crippen LogP contribution in [0.2, 0.25) is 0 Å². The molecule has 6 nitrogen and oxygen atoms in total. The van der Waals surface area contributed by atoms with Gasteiger partial charge in [0.05, 0.1) is 23.2 Å². The number of nitrogens with zero attached hydrogens (tertiary/aromatic N) is 2. The largest absolute Gasteiger partial charge is 0.427 e. The summed E-state index contributed by atoms with van der Waals surface area (Å²) >= 11 is 0. The number of aromatic nitrogens is 2. The molecule has 1 aliphatic heterocycles. The van der Waals surface area contributed by atoms with Crippen LogP contribution in [0.3, 0.4) is 0 Å². The van der Waals surface area contributed by atoms with E-state index in [1.807, 2.05) is 26.1 Å². The van der Waals surface area contributed by atoms with Gasteiger partial charge in [0.2, 0.25) is 0 Å². The second-order valence-electron chi connectivity index (χ2n) is 8.80. The maximum Gasteiger partial charge on any atom is 0.328 e. The molecule has 2 aromatic carbocycles. The van der Waals surface area contributed by atoms with Gasteiger partial charge in [-0.05, 0) is 28.8 Å². The Morgan fingerprint density at radius 1 is 1.12 bits per heavy atom. The molecule has 0 amide bonds. The molecule has 6 heteroatoms. The lowest BCUT2D eigenvalue weighted by atomic mass is 10.0. The van der Waals surface area contributed by atoms with Crippen molar-refractivity contribution in [3.05, 3.63) is 65.6 Å². The van der Waals surface area contributed by atoms with Crippen molar-refractivity contribution in [3.8, 4) is 0 Å². The third-order valence-electron chi connectivity index (χ3n) is 6.38. The summed E-state index contributed by atoms with van der Waals surface area (Å²) < 4.78 is 13.5. The van der Waals surface area contributed by atoms with Gasteiger partial charge in [0.25, 0.3) is 0 Å². The molecule has 2 N–H and O–H groups in total. The molecule has 4 heterocycles. The topological polar surface area (TPSA) is 78.9 Å². The molecule has 6 rings (SSSR count). The van der Waals surface area contributed by atoms with Gasteiger partial charge in [-0.2, -0.15) is 0 Å². The summed E-state index contributed by atoms with van der Waals surface area (Å²) in [4.78, 5) is 17.5. The summed E-state index contributed by atoms with van der Waals surface area (Å²) in [7, 11) is 0. The lowest BCUT2D eigenvalue weighted by Gasteiger charge is -2.20. The minimum atomic E-state index is -0.676. The SMILES string of the molecule is CC(C)[C@H](N)C(=O)OC1=c2cc3c4nc5cccc6cccc(c4cn3cc2COC1)c65. The first-order valence-electron chi connectivity index (χ1n) is 10.8. The molecule has 1 atom stereocenters. The van der Waals surface area contributed by atoms with Crippen LogP contribution < -0.4 is 11.0 Å². The Bertz CT molecular complexity index is 1590. The quantitative estimate of drug-likeness (QED) is 0.446. The number of pyridine rings is 2. The van der Waals surface area contributed by atoms with Crippen LogP contribution in [-0.4, -0.2) is 28.0 Å². The zero-order chi connectivity index (χ0) is 22.0. The number of rotatable bonds is 3. The number of benzene rings is 2. The number of hydrogen-bond donors (Lipinski definition) is 1. The number of hydrogen-bond acceptors (Lipinski definition) is 5. The summed E-state index contributed by atoms with van der Waals surface area (Å²) in [5.74, 6) is 0.0610. The first-order valence-corrected chi connectivity index (χ1v) is 10.8. The normalized spacial score (nSPS) is 15.2. The Hall–Kier alpha value is -3.48. The van der Waals surface area contributed by atoms with E-state index in [9.17, 15) is 4.79 Å². The van der Waals surface area contributed by atoms with Crippen LogP contribution in [0.1, 0.15) is 19.4 Å². The fourth-order valence-electron chi connectivity index (χ4n) is 4.57. The van der Waals surface area contributed by atoms with Gasteiger partial charge in [-0.1, -0.05) is 44.2 Å². The van der Waals surface area contributed by atoms with Crippen molar-refractivity contribution in [2.45, 2.75) is 26.5 Å². The first kappa shape index (κ1) is 19.2. The molecule has 1 aliphatic rings. The van der Waals surface area contributed by atoms with E-state index in [-0.39, 0.29) is 12.5 Å². The lowest BCUT2D eigenvalue weighted by Crippen LogP contribution is -2.38. The van der Waals surface area contributed by atoms with Crippen molar-refractivity contribution in [2.75, 3.05) is 6.61 Å². The van der Waals surface area contributed by atoms with E-state index in [0.29, 0.717) is 12.4 Å². The van der Waals surface area contributed by atoms with E-state index in [1.54, 1.807) is 0 Å². The summed E-state index contributed by atoms with van der Waals surface area (Å²) in [6.07, 6.45) is 4.16. The molecule has 0 saturated heterocycles. The van der Waals surface area contributed by atoms with Crippen LogP contribution in [0.25, 0.3) is 43.9 Å². The predicted octanol–water partition coefficient (Wildman–Crippen LogP) is 3.68. The van der Waals surface area contributed by atoms with E-state index in [0.717, 1.165) is 32.7 Å². The van der Waals surface area contributed by atoms with Crippen LogP contribution in [0, 0.1) is 5.92 Å². The highest BCUT2D eigenvalue weighted by Gasteiger charge is 2.23. The van der Waals surface area contributed by atoms with E-state index in [1.165, 1.54) is 16.2 Å². The second kappa shape index (κ2) is 7.02. The smallest absolute Gasteiger partial charge is 0.328 e. The molecule has 0 spiro atoms. The molecule has 0 unspecified atom stereocenters. The number of carbonyl (C=O) groups is 1. The van der Waals surface area contributed by atoms with E-state index >= 15 is 0 Å². The van der Waals surface area contributed by atoms with Crippen molar-refractivity contribution in [3.63, 3.8) is 0 Å². The van der Waals surface area contributed by atoms with Gasteiger partial charge in [-0.15, -0.1) is 0 Å². The van der Waals surface area contributed by atoms with Crippen molar-refractivity contribution in [2.24, 2.45) is 11.7 Å². The maximum atomic E-state index is 12.5. The number of fused-ring (bicyclic) bond motifs is 5. The average Bonchev–Trinajstić information content (AvgIpc) is 3.15. The second-order valence-corrected chi connectivity index (χ2v) is 8.80. The van der Waals surface area contributed by atoms with Crippen molar-refractivity contribution >= 4 is 49.8 Å². The number of esters is 1. The van der Waals surface area contributed by atoms with Gasteiger partial charge < -0.3 is 19.6 Å². The summed E-state index contributed by atoms with van der Waals surface area (Å²) in [5.41, 5.74) is 9.82. The van der Waals surface area contributed by atoms with Gasteiger partial charge >= 0.3 is 5.97 Å². The van der Waals surface area contributed by atoms with Crippen LogP contribution >= 0.6 is 0 Å². The summed E-state index contributed by atoms with van der Waals surface area (Å²) in [6, 6.07) is 13.9. The molecule has 0 bridgehead atoms. The number of nitrogens with two attached hydrogens (primary N) is 1. The Kier molecular flexibility index (Phi) is 4.22. The minimum Gasteiger partial charge on any atom is -0.427 e. The molecule has 32 heavy (non-hydrogen) atoms. The van der Waals surface area contributed by atoms with Gasteiger partial charge in [-0.25, -0.2) is 9.78 Å².